The Bertz CT molecular complexity index is 1050. The highest BCUT2D eigenvalue weighted by atomic mass is 35.5. The SMILES string of the molecule is CC(=O)N1CCN(S(=O)(=O)c2cc(C)c3ncc(C(N)=O)c(Cl)c3c2)CC1. The number of hydrogen-bond acceptors (Lipinski definition) is 5. The number of aryl methyl sites for hydroxylation is 1. The van der Waals surface area contributed by atoms with E-state index >= 15 is 0 Å². The van der Waals surface area contributed by atoms with E-state index in [0.29, 0.717) is 29.6 Å². The van der Waals surface area contributed by atoms with Crippen molar-refractivity contribution in [2.24, 2.45) is 5.73 Å². The van der Waals surface area contributed by atoms with E-state index in [2.05, 4.69) is 4.98 Å². The fraction of sp³-hybridized carbons (Fsp3) is 0.353. The molecule has 0 aliphatic carbocycles. The summed E-state index contributed by atoms with van der Waals surface area (Å²) in [4.78, 5) is 28.8. The van der Waals surface area contributed by atoms with Crippen LogP contribution in [0.5, 0.6) is 0 Å². The predicted molar refractivity (Wildman–Crippen MR) is 101 cm³/mol. The first-order chi connectivity index (χ1) is 12.6. The molecule has 1 aromatic carbocycles. The van der Waals surface area contributed by atoms with Crippen LogP contribution in [-0.2, 0) is 14.8 Å². The number of benzene rings is 1. The van der Waals surface area contributed by atoms with Crippen LogP contribution in [-0.4, -0.2) is 60.6 Å². The van der Waals surface area contributed by atoms with Gasteiger partial charge in [-0.15, -0.1) is 0 Å². The third-order valence-electron chi connectivity index (χ3n) is 4.66. The number of nitrogens with two attached hydrogens (primary N) is 1. The minimum atomic E-state index is -3.78. The smallest absolute Gasteiger partial charge is 0.251 e. The summed E-state index contributed by atoms with van der Waals surface area (Å²) >= 11 is 6.28. The zero-order valence-electron chi connectivity index (χ0n) is 14.9. The average Bonchev–Trinajstić information content (AvgIpc) is 2.62. The van der Waals surface area contributed by atoms with Crippen LogP contribution < -0.4 is 5.73 Å². The van der Waals surface area contributed by atoms with Gasteiger partial charge < -0.3 is 10.6 Å². The molecule has 8 nitrogen and oxygen atoms in total. The zero-order valence-corrected chi connectivity index (χ0v) is 16.5. The molecule has 2 N–H and O–H groups in total. The van der Waals surface area contributed by atoms with E-state index in [1.807, 2.05) is 0 Å². The Morgan fingerprint density at radius 1 is 1.19 bits per heavy atom. The van der Waals surface area contributed by atoms with Gasteiger partial charge in [0, 0.05) is 44.7 Å². The Hall–Kier alpha value is -2.23. The molecule has 144 valence electrons. The number of carbonyl (C=O) groups is 2. The Labute approximate surface area is 161 Å². The molecule has 0 bridgehead atoms. The molecule has 2 amide bonds. The monoisotopic (exact) mass is 410 g/mol. The van der Waals surface area contributed by atoms with E-state index in [4.69, 9.17) is 17.3 Å². The van der Waals surface area contributed by atoms with Crippen LogP contribution in [0, 0.1) is 6.92 Å². The predicted octanol–water partition coefficient (Wildman–Crippen LogP) is 1.15. The minimum absolute atomic E-state index is 0.0354. The number of piperazine rings is 1. The van der Waals surface area contributed by atoms with Crippen LogP contribution in [0.25, 0.3) is 10.9 Å². The molecule has 0 saturated carbocycles. The molecule has 10 heteroatoms. The van der Waals surface area contributed by atoms with Crippen molar-refractivity contribution in [3.63, 3.8) is 0 Å². The number of carbonyl (C=O) groups excluding carboxylic acids is 2. The van der Waals surface area contributed by atoms with Crippen molar-refractivity contribution in [3.05, 3.63) is 34.5 Å². The van der Waals surface area contributed by atoms with Gasteiger partial charge in [-0.05, 0) is 24.6 Å². The van der Waals surface area contributed by atoms with Gasteiger partial charge >= 0.3 is 0 Å². The molecule has 1 aliphatic rings. The molecule has 27 heavy (non-hydrogen) atoms. The summed E-state index contributed by atoms with van der Waals surface area (Å²) in [6.45, 7) is 4.30. The van der Waals surface area contributed by atoms with E-state index in [0.717, 1.165) is 0 Å². The molecule has 0 spiro atoms. The number of aromatic nitrogens is 1. The van der Waals surface area contributed by atoms with Crippen LogP contribution >= 0.6 is 11.6 Å². The van der Waals surface area contributed by atoms with Crippen molar-refractivity contribution >= 4 is 44.3 Å². The quantitative estimate of drug-likeness (QED) is 0.815. The van der Waals surface area contributed by atoms with Crippen molar-refractivity contribution in [2.45, 2.75) is 18.7 Å². The minimum Gasteiger partial charge on any atom is -0.366 e. The molecular formula is C17H19ClN4O4S. The highest BCUT2D eigenvalue weighted by molar-refractivity contribution is 7.89. The van der Waals surface area contributed by atoms with Gasteiger partial charge in [0.05, 0.1) is 21.0 Å². The lowest BCUT2D eigenvalue weighted by atomic mass is 10.1. The second-order valence-electron chi connectivity index (χ2n) is 6.40. The lowest BCUT2D eigenvalue weighted by Crippen LogP contribution is -2.49. The van der Waals surface area contributed by atoms with Gasteiger partial charge in [-0.1, -0.05) is 11.6 Å². The molecule has 1 fully saturated rings. The number of sulfonamides is 1. The lowest BCUT2D eigenvalue weighted by Gasteiger charge is -2.33. The number of nitrogens with zero attached hydrogens (tertiary/aromatic N) is 3. The van der Waals surface area contributed by atoms with Crippen molar-refractivity contribution in [2.75, 3.05) is 26.2 Å². The van der Waals surface area contributed by atoms with Gasteiger partial charge in [0.1, 0.15) is 0 Å². The van der Waals surface area contributed by atoms with Crippen molar-refractivity contribution in [1.29, 1.82) is 0 Å². The fourth-order valence-corrected chi connectivity index (χ4v) is 4.95. The first-order valence-electron chi connectivity index (χ1n) is 8.27. The molecular weight excluding hydrogens is 392 g/mol. The first kappa shape index (κ1) is 19.5. The highest BCUT2D eigenvalue weighted by Gasteiger charge is 2.30. The molecule has 1 saturated heterocycles. The Morgan fingerprint density at radius 3 is 2.37 bits per heavy atom. The molecule has 0 radical (unpaired) electrons. The molecule has 2 heterocycles. The second-order valence-corrected chi connectivity index (χ2v) is 8.71. The molecule has 1 aliphatic heterocycles. The summed E-state index contributed by atoms with van der Waals surface area (Å²) in [5, 5.41) is 0.433. The summed E-state index contributed by atoms with van der Waals surface area (Å²) in [6, 6.07) is 2.94. The van der Waals surface area contributed by atoms with E-state index in [-0.39, 0.29) is 34.5 Å². The van der Waals surface area contributed by atoms with Gasteiger partial charge in [0.25, 0.3) is 5.91 Å². The number of halogens is 1. The maximum Gasteiger partial charge on any atom is 0.251 e. The summed E-state index contributed by atoms with van der Waals surface area (Å²) in [7, 11) is -3.78. The van der Waals surface area contributed by atoms with Crippen molar-refractivity contribution in [1.82, 2.24) is 14.2 Å². The topological polar surface area (TPSA) is 114 Å². The lowest BCUT2D eigenvalue weighted by molar-refractivity contribution is -0.129. The maximum atomic E-state index is 13.1. The van der Waals surface area contributed by atoms with Gasteiger partial charge in [-0.2, -0.15) is 4.31 Å². The largest absolute Gasteiger partial charge is 0.366 e. The highest BCUT2D eigenvalue weighted by Crippen LogP contribution is 2.31. The van der Waals surface area contributed by atoms with Crippen molar-refractivity contribution < 1.29 is 18.0 Å². The van der Waals surface area contributed by atoms with Crippen LogP contribution in [0.3, 0.4) is 0 Å². The van der Waals surface area contributed by atoms with Gasteiger partial charge in [-0.3, -0.25) is 14.6 Å². The zero-order chi connectivity index (χ0) is 19.9. The fourth-order valence-electron chi connectivity index (χ4n) is 3.13. The summed E-state index contributed by atoms with van der Waals surface area (Å²) in [6.07, 6.45) is 1.29. The van der Waals surface area contributed by atoms with E-state index in [9.17, 15) is 18.0 Å². The van der Waals surface area contributed by atoms with Gasteiger partial charge in [-0.25, -0.2) is 8.42 Å². The second kappa shape index (κ2) is 7.06. The number of fused-ring (bicyclic) bond motifs is 1. The van der Waals surface area contributed by atoms with Gasteiger partial charge in [0.2, 0.25) is 15.9 Å². The third-order valence-corrected chi connectivity index (χ3v) is 6.94. The standard InChI is InChI=1S/C17H19ClN4O4S/c1-10-7-12(8-13-15(18)14(17(19)24)9-20-16(10)13)27(25,26)22-5-3-21(4-6-22)11(2)23/h7-9H,3-6H2,1-2H3,(H2,19,24). The Morgan fingerprint density at radius 2 is 1.81 bits per heavy atom. The van der Waals surface area contributed by atoms with Crippen molar-refractivity contribution in [3.8, 4) is 0 Å². The van der Waals surface area contributed by atoms with E-state index < -0.39 is 15.9 Å². The first-order valence-corrected chi connectivity index (χ1v) is 10.1. The average molecular weight is 411 g/mol. The summed E-state index contributed by atoms with van der Waals surface area (Å²) in [5.74, 6) is -0.814. The van der Waals surface area contributed by atoms with Crippen LogP contribution in [0.2, 0.25) is 5.02 Å². The van der Waals surface area contributed by atoms with Gasteiger partial charge in [0.15, 0.2) is 0 Å². The van der Waals surface area contributed by atoms with E-state index in [1.165, 1.54) is 29.6 Å². The number of pyridine rings is 1. The molecule has 0 unspecified atom stereocenters. The number of rotatable bonds is 3. The molecule has 0 atom stereocenters. The number of hydrogen-bond donors (Lipinski definition) is 1. The van der Waals surface area contributed by atoms with Crippen LogP contribution in [0.1, 0.15) is 22.8 Å². The molecule has 2 aromatic rings. The molecule has 1 aromatic heterocycles. The number of amides is 2. The van der Waals surface area contributed by atoms with Crippen LogP contribution in [0.15, 0.2) is 23.2 Å². The normalized spacial score (nSPS) is 15.9. The summed E-state index contributed by atoms with van der Waals surface area (Å²) in [5.41, 5.74) is 6.46. The van der Waals surface area contributed by atoms with Crippen LogP contribution in [0.4, 0.5) is 0 Å². The Balaban J connectivity index is 2.04. The summed E-state index contributed by atoms with van der Waals surface area (Å²) < 4.78 is 27.5. The van der Waals surface area contributed by atoms with E-state index in [1.54, 1.807) is 11.8 Å². The number of primary amides is 1. The third kappa shape index (κ3) is 3.50. The Kier molecular flexibility index (Phi) is 5.11. The molecule has 3 rings (SSSR count). The maximum absolute atomic E-state index is 13.1.